The molecule has 4 aliphatic rings. The normalized spacial score (nSPS) is 51.2. The van der Waals surface area contributed by atoms with Crippen molar-refractivity contribution in [3.8, 4) is 0 Å². The quantitative estimate of drug-likeness (QED) is 0.763. The minimum atomic E-state index is -0.891. The van der Waals surface area contributed by atoms with Crippen molar-refractivity contribution in [2.75, 3.05) is 0 Å². The zero-order valence-corrected chi connectivity index (χ0v) is 13.8. The summed E-state index contributed by atoms with van der Waals surface area (Å²) in [5.41, 5.74) is 0.106. The van der Waals surface area contributed by atoms with Gasteiger partial charge in [-0.1, -0.05) is 18.6 Å². The third-order valence-electron chi connectivity index (χ3n) is 8.01. The molecule has 23 heavy (non-hydrogen) atoms. The molecule has 126 valence electrons. The monoisotopic (exact) mass is 318 g/mol. The van der Waals surface area contributed by atoms with Crippen molar-refractivity contribution in [1.82, 2.24) is 0 Å². The van der Waals surface area contributed by atoms with Gasteiger partial charge in [0.25, 0.3) is 0 Å². The molecule has 4 rings (SSSR count). The fourth-order valence-corrected chi connectivity index (χ4v) is 7.20. The van der Waals surface area contributed by atoms with Crippen molar-refractivity contribution >= 4 is 11.9 Å². The predicted octanol–water partition coefficient (Wildman–Crippen LogP) is 3.57. The molecule has 4 aliphatic carbocycles. The van der Waals surface area contributed by atoms with Gasteiger partial charge in [-0.2, -0.15) is 0 Å². The number of rotatable bonds is 2. The number of carbonyl (C=O) groups is 2. The summed E-state index contributed by atoms with van der Waals surface area (Å²) in [6, 6.07) is 0. The van der Waals surface area contributed by atoms with E-state index in [0.29, 0.717) is 18.3 Å². The van der Waals surface area contributed by atoms with Gasteiger partial charge in [-0.05, 0) is 74.5 Å². The summed E-state index contributed by atoms with van der Waals surface area (Å²) < 4.78 is 0. The van der Waals surface area contributed by atoms with E-state index in [1.807, 2.05) is 0 Å². The summed E-state index contributed by atoms with van der Waals surface area (Å²) in [5, 5.41) is 20.0. The second-order valence-corrected chi connectivity index (χ2v) is 8.77. The molecular formula is C19H26O4. The van der Waals surface area contributed by atoms with Crippen LogP contribution in [0.2, 0.25) is 0 Å². The first-order valence-electron chi connectivity index (χ1n) is 8.95. The molecule has 4 heteroatoms. The first-order chi connectivity index (χ1) is 10.8. The largest absolute Gasteiger partial charge is 0.481 e. The molecule has 2 N–H and O–H groups in total. The van der Waals surface area contributed by atoms with E-state index in [-0.39, 0.29) is 17.3 Å². The maximum absolute atomic E-state index is 12.3. The SMILES string of the molecule is C=C1C[C@]23C[C@H]1CC[C@H]2[C@@H]1CCC[C@@](C)(C(=O)O)[C@H]1[C@@H]3C(=O)O. The zero-order chi connectivity index (χ0) is 16.6. The Bertz CT molecular complexity index is 596. The van der Waals surface area contributed by atoms with E-state index in [1.54, 1.807) is 6.92 Å². The molecule has 0 aromatic carbocycles. The highest BCUT2D eigenvalue weighted by atomic mass is 16.4. The van der Waals surface area contributed by atoms with Gasteiger partial charge in [0, 0.05) is 0 Å². The summed E-state index contributed by atoms with van der Waals surface area (Å²) in [5.74, 6) is -1.21. The lowest BCUT2D eigenvalue weighted by Crippen LogP contribution is -2.47. The van der Waals surface area contributed by atoms with Crippen LogP contribution in [-0.4, -0.2) is 22.2 Å². The molecule has 0 unspecified atom stereocenters. The van der Waals surface area contributed by atoms with E-state index >= 15 is 0 Å². The number of carboxylic acid groups (broad SMARTS) is 2. The number of carboxylic acids is 2. The Morgan fingerprint density at radius 2 is 1.96 bits per heavy atom. The summed E-state index contributed by atoms with van der Waals surface area (Å²) >= 11 is 0. The van der Waals surface area contributed by atoms with Gasteiger partial charge in [-0.15, -0.1) is 0 Å². The minimum Gasteiger partial charge on any atom is -0.481 e. The van der Waals surface area contributed by atoms with Gasteiger partial charge in [0.05, 0.1) is 11.3 Å². The van der Waals surface area contributed by atoms with Crippen LogP contribution in [0.1, 0.15) is 51.9 Å². The van der Waals surface area contributed by atoms with Gasteiger partial charge < -0.3 is 10.2 Å². The smallest absolute Gasteiger partial charge is 0.309 e. The Morgan fingerprint density at radius 1 is 1.22 bits per heavy atom. The van der Waals surface area contributed by atoms with Gasteiger partial charge in [0.15, 0.2) is 0 Å². The number of hydrogen-bond donors (Lipinski definition) is 2. The van der Waals surface area contributed by atoms with Gasteiger partial charge in [-0.3, -0.25) is 9.59 Å². The van der Waals surface area contributed by atoms with Crippen LogP contribution < -0.4 is 0 Å². The van der Waals surface area contributed by atoms with E-state index in [2.05, 4.69) is 6.58 Å². The van der Waals surface area contributed by atoms with Crippen LogP contribution in [0.5, 0.6) is 0 Å². The third-order valence-corrected chi connectivity index (χ3v) is 8.01. The molecule has 1 spiro atoms. The van der Waals surface area contributed by atoms with Crippen LogP contribution in [0, 0.1) is 40.4 Å². The van der Waals surface area contributed by atoms with Crippen LogP contribution in [0.3, 0.4) is 0 Å². The molecule has 0 radical (unpaired) electrons. The van der Waals surface area contributed by atoms with Gasteiger partial charge >= 0.3 is 11.9 Å². The van der Waals surface area contributed by atoms with Gasteiger partial charge in [0.1, 0.15) is 0 Å². The maximum atomic E-state index is 12.3. The average molecular weight is 318 g/mol. The number of allylic oxidation sites excluding steroid dienone is 1. The van der Waals surface area contributed by atoms with Crippen LogP contribution in [0.15, 0.2) is 12.2 Å². The summed E-state index contributed by atoms with van der Waals surface area (Å²) in [6.07, 6.45) is 6.43. The van der Waals surface area contributed by atoms with Crippen molar-refractivity contribution in [1.29, 1.82) is 0 Å². The Morgan fingerprint density at radius 3 is 2.61 bits per heavy atom. The molecule has 4 saturated carbocycles. The van der Waals surface area contributed by atoms with Crippen LogP contribution in [0.4, 0.5) is 0 Å². The molecule has 0 aromatic heterocycles. The first kappa shape index (κ1) is 15.2. The van der Waals surface area contributed by atoms with Crippen molar-refractivity contribution < 1.29 is 19.8 Å². The van der Waals surface area contributed by atoms with Crippen LogP contribution in [0.25, 0.3) is 0 Å². The number of aliphatic carboxylic acids is 2. The minimum absolute atomic E-state index is 0.220. The Balaban J connectivity index is 1.86. The molecule has 4 nitrogen and oxygen atoms in total. The second-order valence-electron chi connectivity index (χ2n) is 8.77. The average Bonchev–Trinajstić information content (AvgIpc) is 2.91. The third kappa shape index (κ3) is 1.72. The first-order valence-corrected chi connectivity index (χ1v) is 8.95. The van der Waals surface area contributed by atoms with Crippen molar-refractivity contribution in [2.45, 2.75) is 51.9 Å². The highest BCUT2D eigenvalue weighted by molar-refractivity contribution is 5.79. The zero-order valence-electron chi connectivity index (χ0n) is 13.8. The molecule has 0 saturated heterocycles. The molecule has 4 fully saturated rings. The summed E-state index contributed by atoms with van der Waals surface area (Å²) in [4.78, 5) is 24.3. The Hall–Kier alpha value is -1.32. The van der Waals surface area contributed by atoms with Crippen molar-refractivity contribution in [2.24, 2.45) is 40.4 Å². The summed E-state index contributed by atoms with van der Waals surface area (Å²) in [7, 11) is 0. The lowest BCUT2D eigenvalue weighted by Gasteiger charge is -2.42. The molecular weight excluding hydrogens is 292 g/mol. The topological polar surface area (TPSA) is 74.6 Å². The molecule has 0 aromatic rings. The highest BCUT2D eigenvalue weighted by Crippen LogP contribution is 2.73. The van der Waals surface area contributed by atoms with Crippen LogP contribution >= 0.6 is 0 Å². The maximum Gasteiger partial charge on any atom is 0.309 e. The van der Waals surface area contributed by atoms with E-state index in [1.165, 1.54) is 5.57 Å². The van der Waals surface area contributed by atoms with Gasteiger partial charge in [-0.25, -0.2) is 0 Å². The molecule has 2 bridgehead atoms. The second kappa shape index (κ2) is 4.61. The molecule has 0 heterocycles. The Kier molecular flexibility index (Phi) is 3.05. The standard InChI is InChI=1S/C19H26O4/c1-10-8-19-9-11(10)5-6-13(19)12-4-3-7-18(2,17(22)23)14(12)15(19)16(20)21/h11-15H,1,3-9H2,2H3,(H,20,21)(H,22,23)/t11-,12+,13+,14-,15-,18-,19+/m1/s1. The highest BCUT2D eigenvalue weighted by Gasteiger charge is 2.71. The van der Waals surface area contributed by atoms with Crippen molar-refractivity contribution in [3.63, 3.8) is 0 Å². The molecule has 7 atom stereocenters. The van der Waals surface area contributed by atoms with Gasteiger partial charge in [0.2, 0.25) is 0 Å². The fourth-order valence-electron chi connectivity index (χ4n) is 7.20. The van der Waals surface area contributed by atoms with E-state index in [4.69, 9.17) is 0 Å². The molecule has 0 amide bonds. The number of fused-ring (bicyclic) bond motifs is 3. The lowest BCUT2D eigenvalue weighted by molar-refractivity contribution is -0.162. The predicted molar refractivity (Wildman–Crippen MR) is 84.7 cm³/mol. The van der Waals surface area contributed by atoms with Crippen LogP contribution in [-0.2, 0) is 9.59 Å². The Labute approximate surface area is 137 Å². The van der Waals surface area contributed by atoms with Crippen molar-refractivity contribution in [3.05, 3.63) is 12.2 Å². The molecule has 0 aliphatic heterocycles. The number of hydrogen-bond acceptors (Lipinski definition) is 2. The van der Waals surface area contributed by atoms with E-state index < -0.39 is 23.3 Å². The lowest BCUT2D eigenvalue weighted by atomic mass is 9.60. The van der Waals surface area contributed by atoms with E-state index in [0.717, 1.165) is 38.5 Å². The summed E-state index contributed by atoms with van der Waals surface area (Å²) in [6.45, 7) is 6.03. The van der Waals surface area contributed by atoms with E-state index in [9.17, 15) is 19.8 Å². The fraction of sp³-hybridized carbons (Fsp3) is 0.789.